The fraction of sp³-hybridized carbons (Fsp3) is 0.250. The number of carboxylic acids is 1. The molecule has 0 radical (unpaired) electrons. The highest BCUT2D eigenvalue weighted by Crippen LogP contribution is 1.94. The number of hydrogen-bond acceptors (Lipinski definition) is 3. The van der Waals surface area contributed by atoms with Crippen molar-refractivity contribution in [1.82, 2.24) is 15.0 Å². The van der Waals surface area contributed by atoms with Crippen molar-refractivity contribution in [1.29, 1.82) is 0 Å². The van der Waals surface area contributed by atoms with Crippen LogP contribution in [0.1, 0.15) is 10.5 Å². The lowest BCUT2D eigenvalue weighted by Crippen LogP contribution is -1.95. The highest BCUT2D eigenvalue weighted by Gasteiger charge is 2.06. The Bertz CT molecular complexity index is 246. The van der Waals surface area contributed by atoms with Crippen LogP contribution in [0, 0.1) is 0 Å². The molecule has 0 saturated carbocycles. The van der Waals surface area contributed by atoms with E-state index in [2.05, 4.69) is 32.9 Å². The molecule has 0 aliphatic rings. The molecule has 0 fully saturated rings. The molecule has 0 bridgehead atoms. The van der Waals surface area contributed by atoms with E-state index in [0.717, 1.165) is 0 Å². The molecule has 0 unspecified atom stereocenters. The van der Waals surface area contributed by atoms with Gasteiger partial charge in [-0.25, -0.2) is 9.48 Å². The Morgan fingerprint density at radius 3 is 2.90 bits per heavy atom. The third-order valence-electron chi connectivity index (χ3n) is 0.880. The molecule has 0 aliphatic heterocycles. The summed E-state index contributed by atoms with van der Waals surface area (Å²) in [6.45, 7) is 0. The van der Waals surface area contributed by atoms with Gasteiger partial charge in [0.25, 0.3) is 0 Å². The predicted molar refractivity (Wildman–Crippen MR) is 41.0 cm³/mol. The molecule has 1 aromatic rings. The molecule has 1 N–H and O–H groups in total. The minimum absolute atomic E-state index is 0.0170. The van der Waals surface area contributed by atoms with Crippen LogP contribution in [0.3, 0.4) is 0 Å². The van der Waals surface area contributed by atoms with E-state index in [9.17, 15) is 4.79 Å². The van der Waals surface area contributed by atoms with Gasteiger partial charge in [0, 0.05) is 0 Å². The topological polar surface area (TPSA) is 68.0 Å². The second-order valence-corrected chi connectivity index (χ2v) is 2.25. The number of rotatable bonds is 2. The third kappa shape index (κ3) is 1.43. The Balaban J connectivity index is 2.88. The summed E-state index contributed by atoms with van der Waals surface area (Å²) in [5, 5.41) is 15.3. The van der Waals surface area contributed by atoms with Crippen molar-refractivity contribution in [2.75, 3.05) is 0 Å². The Kier molecular flexibility index (Phi) is 2.20. The Hall–Kier alpha value is -0.660. The number of carbonyl (C=O) groups is 1. The van der Waals surface area contributed by atoms with E-state index in [4.69, 9.17) is 5.11 Å². The summed E-state index contributed by atoms with van der Waals surface area (Å²) in [5.41, 5.74) is -0.0170. The predicted octanol–water partition coefficient (Wildman–Crippen LogP) is 0.369. The fourth-order valence-corrected chi connectivity index (χ4v) is 0.788. The molecule has 0 atom stereocenters. The van der Waals surface area contributed by atoms with E-state index in [1.54, 1.807) is 0 Å². The quantitative estimate of drug-likeness (QED) is 0.610. The summed E-state index contributed by atoms with van der Waals surface area (Å²) >= 11 is 2.06. The van der Waals surface area contributed by atoms with Crippen LogP contribution in [-0.2, 0) is 4.55 Å². The number of halogens is 1. The van der Waals surface area contributed by atoms with Gasteiger partial charge >= 0.3 is 5.97 Å². The molecule has 6 heteroatoms. The van der Waals surface area contributed by atoms with Crippen molar-refractivity contribution < 1.29 is 9.90 Å². The number of aromatic carboxylic acids is 1. The lowest BCUT2D eigenvalue weighted by atomic mass is 10.5. The molecule has 1 heterocycles. The maximum absolute atomic E-state index is 10.2. The van der Waals surface area contributed by atoms with Crippen LogP contribution in [0.4, 0.5) is 0 Å². The summed E-state index contributed by atoms with van der Waals surface area (Å²) in [4.78, 5) is 10.2. The standard InChI is InChI=1S/C4H4IN3O2/c5-2-8-1-3(4(9)10)6-7-8/h1H,2H2,(H,9,10). The molecule has 0 spiro atoms. The lowest BCUT2D eigenvalue weighted by Gasteiger charge is -1.84. The molecule has 1 rings (SSSR count). The van der Waals surface area contributed by atoms with Crippen LogP contribution in [0.15, 0.2) is 6.20 Å². The zero-order chi connectivity index (χ0) is 7.56. The monoisotopic (exact) mass is 253 g/mol. The van der Waals surface area contributed by atoms with Crippen LogP contribution in [-0.4, -0.2) is 26.1 Å². The molecule has 5 nitrogen and oxygen atoms in total. The van der Waals surface area contributed by atoms with E-state index in [-0.39, 0.29) is 5.69 Å². The van der Waals surface area contributed by atoms with E-state index in [1.165, 1.54) is 10.9 Å². The van der Waals surface area contributed by atoms with Crippen molar-refractivity contribution in [2.45, 2.75) is 4.55 Å². The van der Waals surface area contributed by atoms with E-state index in [1.807, 2.05) is 0 Å². The molecule has 1 aromatic heterocycles. The first kappa shape index (κ1) is 7.45. The number of aromatic nitrogens is 3. The highest BCUT2D eigenvalue weighted by molar-refractivity contribution is 14.1. The minimum Gasteiger partial charge on any atom is -0.476 e. The first-order valence-electron chi connectivity index (χ1n) is 2.43. The maximum atomic E-state index is 10.2. The first-order valence-corrected chi connectivity index (χ1v) is 3.96. The third-order valence-corrected chi connectivity index (χ3v) is 1.58. The van der Waals surface area contributed by atoms with Crippen LogP contribution < -0.4 is 0 Å². The summed E-state index contributed by atoms with van der Waals surface area (Å²) in [6.07, 6.45) is 1.38. The fourth-order valence-electron chi connectivity index (χ4n) is 0.455. The van der Waals surface area contributed by atoms with Gasteiger partial charge in [-0.05, 0) is 0 Å². The molecular weight excluding hydrogens is 249 g/mol. The van der Waals surface area contributed by atoms with Gasteiger partial charge < -0.3 is 5.11 Å². The average Bonchev–Trinajstić information content (AvgIpc) is 2.34. The first-order chi connectivity index (χ1) is 4.74. The van der Waals surface area contributed by atoms with Crippen LogP contribution >= 0.6 is 22.6 Å². The average molecular weight is 253 g/mol. The second-order valence-electron chi connectivity index (χ2n) is 1.57. The van der Waals surface area contributed by atoms with Crippen molar-refractivity contribution in [3.63, 3.8) is 0 Å². The van der Waals surface area contributed by atoms with Gasteiger partial charge in [0.15, 0.2) is 5.69 Å². The summed E-state index contributed by atoms with van der Waals surface area (Å²) in [5.74, 6) is -1.05. The lowest BCUT2D eigenvalue weighted by molar-refractivity contribution is 0.0690. The molecule has 0 aromatic carbocycles. The normalized spacial score (nSPS) is 9.70. The largest absolute Gasteiger partial charge is 0.476 e. The summed E-state index contributed by atoms with van der Waals surface area (Å²) < 4.78 is 2.06. The Morgan fingerprint density at radius 1 is 1.90 bits per heavy atom. The zero-order valence-electron chi connectivity index (χ0n) is 4.86. The van der Waals surface area contributed by atoms with Crippen molar-refractivity contribution in [2.24, 2.45) is 0 Å². The van der Waals surface area contributed by atoms with Gasteiger partial charge in [0.1, 0.15) is 0 Å². The van der Waals surface area contributed by atoms with E-state index in [0.29, 0.717) is 4.55 Å². The number of carboxylic acid groups (broad SMARTS) is 1. The van der Waals surface area contributed by atoms with Gasteiger partial charge in [-0.2, -0.15) is 0 Å². The minimum atomic E-state index is -1.05. The second kappa shape index (κ2) is 2.95. The number of hydrogen-bond donors (Lipinski definition) is 1. The SMILES string of the molecule is O=C(O)c1cn(CI)nn1. The van der Waals surface area contributed by atoms with Crippen LogP contribution in [0.25, 0.3) is 0 Å². The molecule has 54 valence electrons. The highest BCUT2D eigenvalue weighted by atomic mass is 127. The van der Waals surface area contributed by atoms with Crippen molar-refractivity contribution in [3.05, 3.63) is 11.9 Å². The smallest absolute Gasteiger partial charge is 0.358 e. The van der Waals surface area contributed by atoms with Crippen LogP contribution in [0.5, 0.6) is 0 Å². The van der Waals surface area contributed by atoms with Gasteiger partial charge in [0.2, 0.25) is 0 Å². The maximum Gasteiger partial charge on any atom is 0.358 e. The van der Waals surface area contributed by atoms with Gasteiger partial charge in [-0.3, -0.25) is 0 Å². The molecule has 10 heavy (non-hydrogen) atoms. The van der Waals surface area contributed by atoms with E-state index >= 15 is 0 Å². The van der Waals surface area contributed by atoms with Gasteiger partial charge in [-0.15, -0.1) is 5.10 Å². The Morgan fingerprint density at radius 2 is 2.60 bits per heavy atom. The molecular formula is C4H4IN3O2. The summed E-state index contributed by atoms with van der Waals surface area (Å²) in [7, 11) is 0. The Labute approximate surface area is 70.2 Å². The molecule has 0 saturated heterocycles. The number of nitrogens with zero attached hydrogens (tertiary/aromatic N) is 3. The zero-order valence-corrected chi connectivity index (χ0v) is 7.02. The number of alkyl halides is 1. The van der Waals surface area contributed by atoms with Crippen molar-refractivity contribution >= 4 is 28.6 Å². The molecule has 0 aliphatic carbocycles. The van der Waals surface area contributed by atoms with Crippen LogP contribution in [0.2, 0.25) is 0 Å². The summed E-state index contributed by atoms with van der Waals surface area (Å²) in [6, 6.07) is 0. The molecule has 0 amide bonds. The van der Waals surface area contributed by atoms with E-state index < -0.39 is 5.97 Å². The van der Waals surface area contributed by atoms with Gasteiger partial charge in [-0.1, -0.05) is 27.8 Å². The van der Waals surface area contributed by atoms with Gasteiger partial charge in [0.05, 0.1) is 10.7 Å². The van der Waals surface area contributed by atoms with Crippen molar-refractivity contribution in [3.8, 4) is 0 Å².